The molecule has 5 heteroatoms. The van der Waals surface area contributed by atoms with Gasteiger partial charge in [0, 0.05) is 10.7 Å². The van der Waals surface area contributed by atoms with Gasteiger partial charge in [-0.3, -0.25) is 4.79 Å². The molecule has 0 aliphatic carbocycles. The van der Waals surface area contributed by atoms with Gasteiger partial charge in [0.1, 0.15) is 18.1 Å². The zero-order valence-corrected chi connectivity index (χ0v) is 14.8. The molecule has 0 aliphatic heterocycles. The minimum atomic E-state index is -0.239. The second-order valence-electron chi connectivity index (χ2n) is 5.59. The van der Waals surface area contributed by atoms with Gasteiger partial charge in [-0.2, -0.15) is 0 Å². The average Bonchev–Trinajstić information content (AvgIpc) is 2.68. The highest BCUT2D eigenvalue weighted by molar-refractivity contribution is 6.30. The molecule has 0 aromatic heterocycles. The third kappa shape index (κ3) is 5.53. The summed E-state index contributed by atoms with van der Waals surface area (Å²) in [4.78, 5) is 11.9. The summed E-state index contributed by atoms with van der Waals surface area (Å²) in [5.74, 6) is 1.10. The fourth-order valence-corrected chi connectivity index (χ4v) is 2.38. The molecule has 132 valence electrons. The Labute approximate surface area is 157 Å². The number of nitrogens with one attached hydrogen (secondary N) is 1. The predicted octanol–water partition coefficient (Wildman–Crippen LogP) is 4.94. The Hall–Kier alpha value is -2.98. The van der Waals surface area contributed by atoms with E-state index in [2.05, 4.69) is 5.32 Å². The summed E-state index contributed by atoms with van der Waals surface area (Å²) in [5.41, 5.74) is 1.78. The van der Waals surface area contributed by atoms with E-state index in [1.165, 1.54) is 0 Å². The van der Waals surface area contributed by atoms with Crippen molar-refractivity contribution in [1.29, 1.82) is 0 Å². The average molecular weight is 368 g/mol. The van der Waals surface area contributed by atoms with Crippen LogP contribution >= 0.6 is 11.6 Å². The normalized spacial score (nSPS) is 10.2. The fraction of sp³-hybridized carbons (Fsp3) is 0.0952. The summed E-state index contributed by atoms with van der Waals surface area (Å²) in [6, 6.07) is 24.0. The molecule has 0 radical (unpaired) electrons. The Balaban J connectivity index is 1.45. The van der Waals surface area contributed by atoms with Crippen LogP contribution in [-0.4, -0.2) is 12.5 Å². The molecular formula is C21H18ClNO3. The molecule has 0 spiro atoms. The van der Waals surface area contributed by atoms with Crippen molar-refractivity contribution in [2.75, 3.05) is 11.9 Å². The molecule has 4 nitrogen and oxygen atoms in total. The van der Waals surface area contributed by atoms with Crippen LogP contribution in [0.3, 0.4) is 0 Å². The third-order valence-corrected chi connectivity index (χ3v) is 3.82. The first-order chi connectivity index (χ1) is 12.7. The fourth-order valence-electron chi connectivity index (χ4n) is 2.25. The molecule has 0 unspecified atom stereocenters. The Morgan fingerprint density at radius 2 is 1.42 bits per heavy atom. The highest BCUT2D eigenvalue weighted by Crippen LogP contribution is 2.19. The minimum absolute atomic E-state index is 0.0765. The van der Waals surface area contributed by atoms with Crippen molar-refractivity contribution in [3.8, 4) is 11.5 Å². The van der Waals surface area contributed by atoms with Crippen LogP contribution in [0.4, 0.5) is 5.69 Å². The van der Waals surface area contributed by atoms with E-state index in [1.807, 2.05) is 42.5 Å². The van der Waals surface area contributed by atoms with Crippen LogP contribution in [-0.2, 0) is 11.4 Å². The van der Waals surface area contributed by atoms with E-state index in [0.29, 0.717) is 23.1 Å². The Morgan fingerprint density at radius 3 is 2.08 bits per heavy atom. The van der Waals surface area contributed by atoms with E-state index in [0.717, 1.165) is 11.3 Å². The zero-order chi connectivity index (χ0) is 18.2. The number of carbonyl (C=O) groups is 1. The summed E-state index contributed by atoms with van der Waals surface area (Å²) in [7, 11) is 0. The van der Waals surface area contributed by atoms with E-state index in [-0.39, 0.29) is 12.5 Å². The molecule has 0 bridgehead atoms. The lowest BCUT2D eigenvalue weighted by atomic mass is 10.2. The maximum absolute atomic E-state index is 11.9. The quantitative estimate of drug-likeness (QED) is 0.643. The summed E-state index contributed by atoms with van der Waals surface area (Å²) in [6.45, 7) is 0.428. The number of benzene rings is 3. The molecule has 26 heavy (non-hydrogen) atoms. The molecule has 3 aromatic rings. The van der Waals surface area contributed by atoms with E-state index < -0.39 is 0 Å². The van der Waals surface area contributed by atoms with Gasteiger partial charge in [-0.1, -0.05) is 41.9 Å². The van der Waals surface area contributed by atoms with Crippen LogP contribution in [0.5, 0.6) is 11.5 Å². The predicted molar refractivity (Wildman–Crippen MR) is 103 cm³/mol. The lowest BCUT2D eigenvalue weighted by Gasteiger charge is -2.09. The molecule has 3 aromatic carbocycles. The first-order valence-corrected chi connectivity index (χ1v) is 8.52. The second kappa shape index (κ2) is 8.92. The molecule has 3 rings (SSSR count). The summed E-state index contributed by atoms with van der Waals surface area (Å²) >= 11 is 5.81. The van der Waals surface area contributed by atoms with Gasteiger partial charge in [-0.05, 0) is 54.1 Å². The van der Waals surface area contributed by atoms with Crippen molar-refractivity contribution in [2.45, 2.75) is 6.61 Å². The van der Waals surface area contributed by atoms with Crippen molar-refractivity contribution in [2.24, 2.45) is 0 Å². The Morgan fingerprint density at radius 1 is 0.808 bits per heavy atom. The highest BCUT2D eigenvalue weighted by atomic mass is 35.5. The third-order valence-electron chi connectivity index (χ3n) is 3.57. The summed E-state index contributed by atoms with van der Waals surface area (Å²) in [6.07, 6.45) is 0. The minimum Gasteiger partial charge on any atom is -0.489 e. The van der Waals surface area contributed by atoms with Gasteiger partial charge in [0.25, 0.3) is 5.91 Å². The lowest BCUT2D eigenvalue weighted by Crippen LogP contribution is -2.20. The van der Waals surface area contributed by atoms with Crippen LogP contribution in [0.2, 0.25) is 5.02 Å². The van der Waals surface area contributed by atoms with E-state index in [1.54, 1.807) is 36.4 Å². The van der Waals surface area contributed by atoms with Crippen molar-refractivity contribution in [3.63, 3.8) is 0 Å². The largest absolute Gasteiger partial charge is 0.489 e. The first-order valence-electron chi connectivity index (χ1n) is 8.14. The van der Waals surface area contributed by atoms with Crippen LogP contribution in [0.25, 0.3) is 0 Å². The Bertz CT molecular complexity index is 833. The molecular weight excluding hydrogens is 350 g/mol. The van der Waals surface area contributed by atoms with Crippen molar-refractivity contribution in [1.82, 2.24) is 0 Å². The maximum Gasteiger partial charge on any atom is 0.262 e. The lowest BCUT2D eigenvalue weighted by molar-refractivity contribution is -0.118. The van der Waals surface area contributed by atoms with Gasteiger partial charge >= 0.3 is 0 Å². The molecule has 0 atom stereocenters. The van der Waals surface area contributed by atoms with Gasteiger partial charge in [0.2, 0.25) is 0 Å². The van der Waals surface area contributed by atoms with Gasteiger partial charge in [0.05, 0.1) is 0 Å². The van der Waals surface area contributed by atoms with Gasteiger partial charge in [-0.25, -0.2) is 0 Å². The number of hydrogen-bond acceptors (Lipinski definition) is 3. The molecule has 1 N–H and O–H groups in total. The van der Waals surface area contributed by atoms with E-state index in [9.17, 15) is 4.79 Å². The van der Waals surface area contributed by atoms with Crippen molar-refractivity contribution >= 4 is 23.2 Å². The standard InChI is InChI=1S/C21H18ClNO3/c22-17-6-8-18(9-7-17)23-21(24)15-26-20-12-10-19(11-13-20)25-14-16-4-2-1-3-5-16/h1-13H,14-15H2,(H,23,24). The van der Waals surface area contributed by atoms with E-state index >= 15 is 0 Å². The number of carbonyl (C=O) groups excluding carboxylic acids is 1. The Kier molecular flexibility index (Phi) is 6.12. The van der Waals surface area contributed by atoms with Crippen molar-refractivity contribution in [3.05, 3.63) is 89.4 Å². The van der Waals surface area contributed by atoms with Crippen LogP contribution in [0.15, 0.2) is 78.9 Å². The second-order valence-corrected chi connectivity index (χ2v) is 6.03. The SMILES string of the molecule is O=C(COc1ccc(OCc2ccccc2)cc1)Nc1ccc(Cl)cc1. The number of halogens is 1. The number of amides is 1. The number of hydrogen-bond donors (Lipinski definition) is 1. The molecule has 0 aliphatic rings. The molecule has 1 amide bonds. The topological polar surface area (TPSA) is 47.6 Å². The van der Waals surface area contributed by atoms with Crippen LogP contribution in [0.1, 0.15) is 5.56 Å². The number of rotatable bonds is 7. The first kappa shape index (κ1) is 17.8. The molecule has 0 saturated heterocycles. The van der Waals surface area contributed by atoms with Crippen LogP contribution < -0.4 is 14.8 Å². The zero-order valence-electron chi connectivity index (χ0n) is 14.0. The number of ether oxygens (including phenoxy) is 2. The smallest absolute Gasteiger partial charge is 0.262 e. The molecule has 0 saturated carbocycles. The monoisotopic (exact) mass is 367 g/mol. The summed E-state index contributed by atoms with van der Waals surface area (Å²) in [5, 5.41) is 3.36. The maximum atomic E-state index is 11.9. The molecule has 0 fully saturated rings. The number of anilines is 1. The van der Waals surface area contributed by atoms with Crippen LogP contribution in [0, 0.1) is 0 Å². The van der Waals surface area contributed by atoms with Gasteiger partial charge in [-0.15, -0.1) is 0 Å². The highest BCUT2D eigenvalue weighted by Gasteiger charge is 2.04. The molecule has 0 heterocycles. The van der Waals surface area contributed by atoms with Gasteiger partial charge < -0.3 is 14.8 Å². The summed E-state index contributed by atoms with van der Waals surface area (Å²) < 4.78 is 11.2. The van der Waals surface area contributed by atoms with E-state index in [4.69, 9.17) is 21.1 Å². The van der Waals surface area contributed by atoms with Gasteiger partial charge in [0.15, 0.2) is 6.61 Å². The van der Waals surface area contributed by atoms with Crippen molar-refractivity contribution < 1.29 is 14.3 Å².